The van der Waals surface area contributed by atoms with Gasteiger partial charge in [-0.2, -0.15) is 0 Å². The molecule has 0 saturated carbocycles. The molecule has 4 nitrogen and oxygen atoms in total. The van der Waals surface area contributed by atoms with Crippen LogP contribution in [0.3, 0.4) is 0 Å². The van der Waals surface area contributed by atoms with Crippen molar-refractivity contribution in [2.24, 2.45) is 5.73 Å². The van der Waals surface area contributed by atoms with Crippen LogP contribution >= 0.6 is 11.3 Å². The van der Waals surface area contributed by atoms with E-state index in [1.165, 1.54) is 0 Å². The zero-order valence-electron chi connectivity index (χ0n) is 11.6. The number of carbonyl (C=O) groups excluding carboxylic acids is 1. The number of hydrogen-bond donors (Lipinski definition) is 1. The minimum absolute atomic E-state index is 0.385. The Bertz CT molecular complexity index is 986. The lowest BCUT2D eigenvalue weighted by Crippen LogP contribution is -2.22. The molecule has 22 heavy (non-hydrogen) atoms. The minimum atomic E-state index is -0.534. The minimum Gasteiger partial charge on any atom is -0.369 e. The number of hydrogen-bond acceptors (Lipinski definition) is 3. The van der Waals surface area contributed by atoms with Crippen molar-refractivity contribution in [1.29, 1.82) is 0 Å². The predicted octanol–water partition coefficient (Wildman–Crippen LogP) is 3.17. The third-order valence-corrected chi connectivity index (χ3v) is 4.74. The summed E-state index contributed by atoms with van der Waals surface area (Å²) in [5, 5.41) is 4.20. The summed E-state index contributed by atoms with van der Waals surface area (Å²) >= 11 is 1.56. The lowest BCUT2D eigenvalue weighted by atomic mass is 9.93. The van der Waals surface area contributed by atoms with Gasteiger partial charge < -0.3 is 5.73 Å². The Morgan fingerprint density at radius 1 is 1.18 bits per heavy atom. The maximum atomic E-state index is 12.1. The van der Waals surface area contributed by atoms with Gasteiger partial charge in [-0.15, -0.1) is 11.3 Å². The number of nitrogens with two attached hydrogens (primary N) is 1. The van der Waals surface area contributed by atoms with Crippen molar-refractivity contribution in [3.8, 4) is 0 Å². The molecule has 0 aliphatic rings. The van der Waals surface area contributed by atoms with Gasteiger partial charge >= 0.3 is 0 Å². The molecule has 2 aromatic carbocycles. The quantitative estimate of drug-likeness (QED) is 0.632. The Morgan fingerprint density at radius 3 is 2.82 bits per heavy atom. The van der Waals surface area contributed by atoms with E-state index in [0.717, 1.165) is 26.9 Å². The highest BCUT2D eigenvalue weighted by molar-refractivity contribution is 7.15. The fraction of sp³-hybridized carbons (Fsp3) is 0.0588. The van der Waals surface area contributed by atoms with Crippen LogP contribution in [0.1, 0.15) is 17.2 Å². The number of imidazole rings is 1. The van der Waals surface area contributed by atoms with Gasteiger partial charge in [-0.3, -0.25) is 9.20 Å². The van der Waals surface area contributed by atoms with Crippen molar-refractivity contribution in [3.63, 3.8) is 0 Å². The second-order valence-corrected chi connectivity index (χ2v) is 6.08. The van der Waals surface area contributed by atoms with Gasteiger partial charge in [0, 0.05) is 11.6 Å². The maximum absolute atomic E-state index is 12.1. The third-order valence-electron chi connectivity index (χ3n) is 3.84. The van der Waals surface area contributed by atoms with Crippen LogP contribution in [-0.2, 0) is 4.79 Å². The largest absolute Gasteiger partial charge is 0.369 e. The molecule has 4 rings (SSSR count). The van der Waals surface area contributed by atoms with Crippen molar-refractivity contribution < 1.29 is 4.79 Å². The van der Waals surface area contributed by atoms with Crippen molar-refractivity contribution in [2.75, 3.05) is 0 Å². The van der Waals surface area contributed by atoms with Gasteiger partial charge in [0.1, 0.15) is 17.1 Å². The Hall–Kier alpha value is -2.66. The molecule has 0 fully saturated rings. The molecule has 2 N–H and O–H groups in total. The molecule has 0 aliphatic carbocycles. The molecule has 0 aliphatic heterocycles. The summed E-state index contributed by atoms with van der Waals surface area (Å²) in [5.41, 5.74) is 7.28. The number of fused-ring (bicyclic) bond motifs is 2. The number of benzene rings is 2. The van der Waals surface area contributed by atoms with Crippen LogP contribution in [0.15, 0.2) is 60.4 Å². The van der Waals surface area contributed by atoms with Gasteiger partial charge in [0.15, 0.2) is 0 Å². The molecule has 0 radical (unpaired) electrons. The number of carbonyl (C=O) groups is 1. The summed E-state index contributed by atoms with van der Waals surface area (Å²) in [5.74, 6) is -0.919. The van der Waals surface area contributed by atoms with Crippen LogP contribution in [0, 0.1) is 0 Å². The van der Waals surface area contributed by atoms with E-state index in [1.807, 2.05) is 58.4 Å². The second kappa shape index (κ2) is 4.96. The standard InChI is InChI=1S/C17H13N3OS/c18-16(21)14(15-17-20(10-19-15)7-8-22-17)13-6-5-11-3-1-2-4-12(11)9-13/h1-10,14H,(H2,18,21). The summed E-state index contributed by atoms with van der Waals surface area (Å²) in [7, 11) is 0. The molecule has 2 aromatic heterocycles. The van der Waals surface area contributed by atoms with Gasteiger partial charge in [0.2, 0.25) is 5.91 Å². The zero-order chi connectivity index (χ0) is 15.1. The van der Waals surface area contributed by atoms with E-state index in [1.54, 1.807) is 17.7 Å². The van der Waals surface area contributed by atoms with Gasteiger partial charge in [0.25, 0.3) is 0 Å². The number of primary amides is 1. The molecule has 1 unspecified atom stereocenters. The van der Waals surface area contributed by atoms with Crippen LogP contribution in [0.2, 0.25) is 0 Å². The van der Waals surface area contributed by atoms with Crippen molar-refractivity contribution >= 4 is 32.8 Å². The Balaban J connectivity index is 1.91. The average Bonchev–Trinajstić information content (AvgIpc) is 3.12. The SMILES string of the molecule is NC(=O)C(c1ccc2ccccc2c1)c1ncn2ccsc12. The van der Waals surface area contributed by atoms with Gasteiger partial charge in [-0.05, 0) is 22.4 Å². The monoisotopic (exact) mass is 307 g/mol. The van der Waals surface area contributed by atoms with Gasteiger partial charge in [-0.25, -0.2) is 4.98 Å². The van der Waals surface area contributed by atoms with Crippen LogP contribution in [0.4, 0.5) is 0 Å². The van der Waals surface area contributed by atoms with Crippen LogP contribution in [-0.4, -0.2) is 15.3 Å². The predicted molar refractivity (Wildman–Crippen MR) is 88.1 cm³/mol. The fourth-order valence-electron chi connectivity index (χ4n) is 2.79. The first-order valence-corrected chi connectivity index (χ1v) is 7.80. The van der Waals surface area contributed by atoms with Crippen LogP contribution in [0.25, 0.3) is 15.6 Å². The summed E-state index contributed by atoms with van der Waals surface area (Å²) < 4.78 is 1.91. The first-order chi connectivity index (χ1) is 10.7. The van der Waals surface area contributed by atoms with Crippen molar-refractivity contribution in [3.05, 3.63) is 71.6 Å². The molecule has 4 aromatic rings. The number of nitrogens with zero attached hydrogens (tertiary/aromatic N) is 2. The molecule has 2 heterocycles. The Morgan fingerprint density at radius 2 is 2.00 bits per heavy atom. The van der Waals surface area contributed by atoms with Crippen molar-refractivity contribution in [1.82, 2.24) is 9.38 Å². The smallest absolute Gasteiger partial charge is 0.231 e. The lowest BCUT2D eigenvalue weighted by molar-refractivity contribution is -0.118. The second-order valence-electron chi connectivity index (χ2n) is 5.19. The first-order valence-electron chi connectivity index (χ1n) is 6.92. The van der Waals surface area contributed by atoms with E-state index in [0.29, 0.717) is 0 Å². The van der Waals surface area contributed by atoms with Crippen molar-refractivity contribution in [2.45, 2.75) is 5.92 Å². The maximum Gasteiger partial charge on any atom is 0.231 e. The summed E-state index contributed by atoms with van der Waals surface area (Å²) in [4.78, 5) is 17.4. The molecule has 5 heteroatoms. The van der Waals surface area contributed by atoms with E-state index >= 15 is 0 Å². The Labute approximate surface area is 130 Å². The average molecular weight is 307 g/mol. The Kier molecular flexibility index (Phi) is 2.94. The molecule has 1 amide bonds. The van der Waals surface area contributed by atoms with E-state index in [-0.39, 0.29) is 5.91 Å². The molecule has 0 saturated heterocycles. The zero-order valence-corrected chi connectivity index (χ0v) is 12.5. The molecular formula is C17H13N3OS. The van der Waals surface area contributed by atoms with Gasteiger partial charge in [-0.1, -0.05) is 36.4 Å². The first kappa shape index (κ1) is 13.0. The van der Waals surface area contributed by atoms with E-state index in [4.69, 9.17) is 5.73 Å². The molecule has 0 bridgehead atoms. The van der Waals surface area contributed by atoms with E-state index in [9.17, 15) is 4.79 Å². The molecule has 1 atom stereocenters. The normalized spacial score (nSPS) is 12.7. The fourth-order valence-corrected chi connectivity index (χ4v) is 3.64. The van der Waals surface area contributed by atoms with E-state index in [2.05, 4.69) is 4.98 Å². The summed E-state index contributed by atoms with van der Waals surface area (Å²) in [6, 6.07) is 14.1. The lowest BCUT2D eigenvalue weighted by Gasteiger charge is -2.12. The highest BCUT2D eigenvalue weighted by atomic mass is 32.1. The molecular weight excluding hydrogens is 294 g/mol. The van der Waals surface area contributed by atoms with Crippen LogP contribution in [0.5, 0.6) is 0 Å². The third kappa shape index (κ3) is 1.98. The number of thiazole rings is 1. The number of rotatable bonds is 3. The molecule has 108 valence electrons. The summed E-state index contributed by atoms with van der Waals surface area (Å²) in [6.07, 6.45) is 3.65. The van der Waals surface area contributed by atoms with Gasteiger partial charge in [0.05, 0.1) is 5.69 Å². The molecule has 0 spiro atoms. The number of amides is 1. The number of aromatic nitrogens is 2. The highest BCUT2D eigenvalue weighted by Crippen LogP contribution is 2.30. The topological polar surface area (TPSA) is 60.4 Å². The summed E-state index contributed by atoms with van der Waals surface area (Å²) in [6.45, 7) is 0. The highest BCUT2D eigenvalue weighted by Gasteiger charge is 2.25. The van der Waals surface area contributed by atoms with Crippen LogP contribution < -0.4 is 5.73 Å². The van der Waals surface area contributed by atoms with E-state index < -0.39 is 5.92 Å².